The second kappa shape index (κ2) is 11.5. The lowest BCUT2D eigenvalue weighted by molar-refractivity contribution is -0.142. The summed E-state index contributed by atoms with van der Waals surface area (Å²) in [6, 6.07) is 4.03. The van der Waals surface area contributed by atoms with Gasteiger partial charge in [-0.1, -0.05) is 37.0 Å². The number of amides is 3. The number of hydrogen-bond acceptors (Lipinski definition) is 4. The fourth-order valence-corrected chi connectivity index (χ4v) is 4.95. The van der Waals surface area contributed by atoms with Crippen LogP contribution in [0.25, 0.3) is 0 Å². The maximum atomic E-state index is 13.3. The number of piperazine rings is 1. The van der Waals surface area contributed by atoms with E-state index in [0.717, 1.165) is 26.2 Å². The fourth-order valence-electron chi connectivity index (χ4n) is 4.45. The second-order valence-corrected chi connectivity index (χ2v) is 10.4. The molecule has 0 aromatic heterocycles. The smallest absolute Gasteiger partial charge is 0.253 e. The average molecular weight is 497 g/mol. The number of nitrogens with one attached hydrogen (secondary N) is 1. The molecule has 1 aromatic rings. The Morgan fingerprint density at radius 3 is 2.21 bits per heavy atom. The molecule has 2 aliphatic rings. The number of rotatable bonds is 6. The fraction of sp³-hybridized carbons (Fsp3) is 0.625. The zero-order chi connectivity index (χ0) is 24.1. The van der Waals surface area contributed by atoms with Crippen molar-refractivity contribution in [3.63, 3.8) is 0 Å². The summed E-state index contributed by atoms with van der Waals surface area (Å²) in [5.74, 6) is -0.109. The number of nitrogens with zero attached hydrogens (tertiary/aromatic N) is 3. The Bertz CT molecular complexity index is 863. The first-order chi connectivity index (χ1) is 15.7. The Balaban J connectivity index is 1.59. The maximum Gasteiger partial charge on any atom is 0.253 e. The molecule has 3 rings (SSSR count). The molecule has 33 heavy (non-hydrogen) atoms. The topological polar surface area (TPSA) is 73.0 Å². The van der Waals surface area contributed by atoms with Crippen LogP contribution in [0.1, 0.15) is 43.5 Å². The molecule has 2 fully saturated rings. The summed E-state index contributed by atoms with van der Waals surface area (Å²) in [7, 11) is 2.07. The van der Waals surface area contributed by atoms with Crippen molar-refractivity contribution in [2.75, 3.05) is 46.3 Å². The van der Waals surface area contributed by atoms with Crippen molar-refractivity contribution >= 4 is 40.9 Å². The van der Waals surface area contributed by atoms with E-state index in [0.29, 0.717) is 42.9 Å². The van der Waals surface area contributed by atoms with Crippen LogP contribution in [0.4, 0.5) is 0 Å². The summed E-state index contributed by atoms with van der Waals surface area (Å²) < 4.78 is 0. The number of piperidine rings is 1. The summed E-state index contributed by atoms with van der Waals surface area (Å²) in [5.41, 5.74) is 0.291. The highest BCUT2D eigenvalue weighted by Gasteiger charge is 2.34. The number of likely N-dealkylation sites (N-methyl/N-ethyl adjacent to an activating group) is 1. The predicted octanol–water partition coefficient (Wildman–Crippen LogP) is 3.15. The first kappa shape index (κ1) is 25.8. The summed E-state index contributed by atoms with van der Waals surface area (Å²) in [5, 5.41) is 3.57. The molecule has 3 amide bonds. The molecule has 182 valence electrons. The van der Waals surface area contributed by atoms with Gasteiger partial charge in [-0.15, -0.1) is 0 Å². The molecule has 2 heterocycles. The standard InChI is InChI=1S/C24H34Cl2N4O3/c1-16(2)14-21(27-22(31)19-5-4-18(25)15-20(19)26)24(33)29-8-6-17(7-9-29)23(32)30-12-10-28(3)11-13-30/h4-5,15-17,21H,6-14H2,1-3H3,(H,27,31). The first-order valence-electron chi connectivity index (χ1n) is 11.7. The average Bonchev–Trinajstić information content (AvgIpc) is 2.78. The molecule has 0 bridgehead atoms. The van der Waals surface area contributed by atoms with Gasteiger partial charge in [0, 0.05) is 50.2 Å². The quantitative estimate of drug-likeness (QED) is 0.656. The van der Waals surface area contributed by atoms with Crippen LogP contribution in [0, 0.1) is 11.8 Å². The van der Waals surface area contributed by atoms with Crippen molar-refractivity contribution in [1.82, 2.24) is 20.0 Å². The van der Waals surface area contributed by atoms with Crippen molar-refractivity contribution in [2.24, 2.45) is 11.8 Å². The van der Waals surface area contributed by atoms with E-state index >= 15 is 0 Å². The van der Waals surface area contributed by atoms with Crippen LogP contribution in [0.3, 0.4) is 0 Å². The van der Waals surface area contributed by atoms with Gasteiger partial charge in [0.15, 0.2) is 0 Å². The van der Waals surface area contributed by atoms with Crippen LogP contribution in [-0.2, 0) is 9.59 Å². The summed E-state index contributed by atoms with van der Waals surface area (Å²) in [6.45, 7) is 8.42. The molecule has 1 unspecified atom stereocenters. The van der Waals surface area contributed by atoms with Gasteiger partial charge in [-0.05, 0) is 50.4 Å². The molecule has 0 spiro atoms. The van der Waals surface area contributed by atoms with E-state index in [1.54, 1.807) is 17.0 Å². The Morgan fingerprint density at radius 2 is 1.64 bits per heavy atom. The van der Waals surface area contributed by atoms with Crippen molar-refractivity contribution in [1.29, 1.82) is 0 Å². The van der Waals surface area contributed by atoms with Gasteiger partial charge in [0.05, 0.1) is 10.6 Å². The molecule has 0 saturated carbocycles. The SMILES string of the molecule is CC(C)CC(NC(=O)c1ccc(Cl)cc1Cl)C(=O)N1CCC(C(=O)N2CCN(C)CC2)CC1. The van der Waals surface area contributed by atoms with Gasteiger partial charge in [0.25, 0.3) is 5.91 Å². The highest BCUT2D eigenvalue weighted by molar-refractivity contribution is 6.36. The predicted molar refractivity (Wildman–Crippen MR) is 131 cm³/mol. The molecular weight excluding hydrogens is 463 g/mol. The Morgan fingerprint density at radius 1 is 1.00 bits per heavy atom. The Hall–Kier alpha value is -1.83. The lowest BCUT2D eigenvalue weighted by Crippen LogP contribution is -2.53. The minimum Gasteiger partial charge on any atom is -0.341 e. The molecule has 2 aliphatic heterocycles. The van der Waals surface area contributed by atoms with Crippen LogP contribution >= 0.6 is 23.2 Å². The second-order valence-electron chi connectivity index (χ2n) is 9.51. The monoisotopic (exact) mass is 496 g/mol. The molecule has 1 aromatic carbocycles. The van der Waals surface area contributed by atoms with Gasteiger partial charge >= 0.3 is 0 Å². The van der Waals surface area contributed by atoms with Crippen LogP contribution < -0.4 is 5.32 Å². The molecule has 9 heteroatoms. The summed E-state index contributed by atoms with van der Waals surface area (Å²) in [6.07, 6.45) is 1.83. The molecule has 1 N–H and O–H groups in total. The van der Waals surface area contributed by atoms with Crippen LogP contribution in [-0.4, -0.2) is 84.8 Å². The molecule has 7 nitrogen and oxygen atoms in total. The Labute approximate surface area is 206 Å². The van der Waals surface area contributed by atoms with Gasteiger partial charge in [0.2, 0.25) is 11.8 Å². The Kier molecular flexibility index (Phi) is 9.02. The van der Waals surface area contributed by atoms with E-state index in [1.807, 2.05) is 18.7 Å². The third kappa shape index (κ3) is 6.84. The van der Waals surface area contributed by atoms with E-state index < -0.39 is 11.9 Å². The van der Waals surface area contributed by atoms with Gasteiger partial charge in [0.1, 0.15) is 6.04 Å². The number of benzene rings is 1. The van der Waals surface area contributed by atoms with E-state index in [1.165, 1.54) is 6.07 Å². The van der Waals surface area contributed by atoms with Crippen molar-refractivity contribution < 1.29 is 14.4 Å². The molecular formula is C24H34Cl2N4O3. The summed E-state index contributed by atoms with van der Waals surface area (Å²) in [4.78, 5) is 45.0. The number of halogens is 2. The number of likely N-dealkylation sites (tertiary alicyclic amines) is 1. The minimum absolute atomic E-state index is 0.0385. The van der Waals surface area contributed by atoms with E-state index in [4.69, 9.17) is 23.2 Å². The number of carbonyl (C=O) groups excluding carboxylic acids is 3. The lowest BCUT2D eigenvalue weighted by Gasteiger charge is -2.38. The first-order valence-corrected chi connectivity index (χ1v) is 12.4. The van der Waals surface area contributed by atoms with Gasteiger partial charge < -0.3 is 20.0 Å². The lowest BCUT2D eigenvalue weighted by atomic mass is 9.93. The van der Waals surface area contributed by atoms with Crippen LogP contribution in [0.2, 0.25) is 10.0 Å². The molecule has 1 atom stereocenters. The third-order valence-electron chi connectivity index (χ3n) is 6.46. The zero-order valence-electron chi connectivity index (χ0n) is 19.7. The third-order valence-corrected chi connectivity index (χ3v) is 7.00. The number of hydrogen-bond donors (Lipinski definition) is 1. The normalized spacial score (nSPS) is 19.0. The number of carbonyl (C=O) groups is 3. The van der Waals surface area contributed by atoms with E-state index in [2.05, 4.69) is 17.3 Å². The highest BCUT2D eigenvalue weighted by Crippen LogP contribution is 2.24. The molecule has 0 aliphatic carbocycles. The molecule has 2 saturated heterocycles. The maximum absolute atomic E-state index is 13.3. The van der Waals surface area contributed by atoms with Gasteiger partial charge in [-0.25, -0.2) is 0 Å². The minimum atomic E-state index is -0.644. The summed E-state index contributed by atoms with van der Waals surface area (Å²) >= 11 is 12.1. The van der Waals surface area contributed by atoms with E-state index in [9.17, 15) is 14.4 Å². The van der Waals surface area contributed by atoms with Crippen LogP contribution in [0.15, 0.2) is 18.2 Å². The van der Waals surface area contributed by atoms with Gasteiger partial charge in [-0.3, -0.25) is 14.4 Å². The highest BCUT2D eigenvalue weighted by atomic mass is 35.5. The van der Waals surface area contributed by atoms with Gasteiger partial charge in [-0.2, -0.15) is 0 Å². The van der Waals surface area contributed by atoms with Crippen molar-refractivity contribution in [2.45, 2.75) is 39.2 Å². The van der Waals surface area contributed by atoms with E-state index in [-0.39, 0.29) is 28.7 Å². The van der Waals surface area contributed by atoms with Crippen molar-refractivity contribution in [3.05, 3.63) is 33.8 Å². The van der Waals surface area contributed by atoms with Crippen molar-refractivity contribution in [3.8, 4) is 0 Å². The largest absolute Gasteiger partial charge is 0.341 e. The molecule has 0 radical (unpaired) electrons. The van der Waals surface area contributed by atoms with Crippen LogP contribution in [0.5, 0.6) is 0 Å². The zero-order valence-corrected chi connectivity index (χ0v) is 21.2.